The minimum Gasteiger partial charge on any atom is -0.445 e. The molecule has 138 valence electrons. The Kier molecular flexibility index (Phi) is 7.12. The number of ether oxygens (including phenoxy) is 1. The number of hydrogen-bond donors (Lipinski definition) is 1. The Morgan fingerprint density at radius 3 is 2.68 bits per heavy atom. The fourth-order valence-corrected chi connectivity index (χ4v) is 3.73. The van der Waals surface area contributed by atoms with E-state index in [4.69, 9.17) is 4.74 Å². The van der Waals surface area contributed by atoms with Gasteiger partial charge in [0.1, 0.15) is 6.61 Å². The number of nitrogens with zero attached hydrogens (tertiary/aromatic N) is 2. The van der Waals surface area contributed by atoms with Crippen LogP contribution in [0.5, 0.6) is 0 Å². The lowest BCUT2D eigenvalue weighted by Gasteiger charge is -2.33. The molecule has 5 nitrogen and oxygen atoms in total. The van der Waals surface area contributed by atoms with Crippen LogP contribution in [0, 0.1) is 0 Å². The van der Waals surface area contributed by atoms with E-state index in [1.165, 1.54) is 32.4 Å². The molecule has 2 fully saturated rings. The molecule has 0 saturated carbocycles. The molecule has 25 heavy (non-hydrogen) atoms. The molecule has 0 spiro atoms. The van der Waals surface area contributed by atoms with E-state index in [1.807, 2.05) is 35.2 Å². The number of nitrogens with one attached hydrogen (secondary N) is 1. The van der Waals surface area contributed by atoms with Crippen molar-refractivity contribution in [3.05, 3.63) is 35.9 Å². The molecule has 2 heterocycles. The average molecular weight is 345 g/mol. The highest BCUT2D eigenvalue weighted by Crippen LogP contribution is 2.13. The van der Waals surface area contributed by atoms with Crippen LogP contribution in [-0.2, 0) is 11.3 Å². The first kappa shape index (κ1) is 18.2. The number of carbonyl (C=O) groups excluding carboxylic acids is 1. The Morgan fingerprint density at radius 1 is 1.08 bits per heavy atom. The number of likely N-dealkylation sites (tertiary alicyclic amines) is 2. The maximum absolute atomic E-state index is 12.3. The molecule has 2 saturated heterocycles. The summed E-state index contributed by atoms with van der Waals surface area (Å²) in [4.78, 5) is 16.7. The fourth-order valence-electron chi connectivity index (χ4n) is 3.73. The molecule has 1 atom stereocenters. The molecule has 0 bridgehead atoms. The zero-order chi connectivity index (χ0) is 17.3. The van der Waals surface area contributed by atoms with Crippen LogP contribution in [0.15, 0.2) is 30.3 Å². The van der Waals surface area contributed by atoms with Gasteiger partial charge in [0.2, 0.25) is 0 Å². The van der Waals surface area contributed by atoms with E-state index in [-0.39, 0.29) is 6.09 Å². The first-order valence-corrected chi connectivity index (χ1v) is 9.72. The highest BCUT2D eigenvalue weighted by molar-refractivity contribution is 5.67. The van der Waals surface area contributed by atoms with Gasteiger partial charge in [-0.1, -0.05) is 36.8 Å². The van der Waals surface area contributed by atoms with Crippen LogP contribution in [0.4, 0.5) is 4.79 Å². The summed E-state index contributed by atoms with van der Waals surface area (Å²) in [5, 5.41) is 3.64. The van der Waals surface area contributed by atoms with E-state index in [0.717, 1.165) is 44.6 Å². The van der Waals surface area contributed by atoms with Crippen molar-refractivity contribution in [1.29, 1.82) is 0 Å². The molecular weight excluding hydrogens is 314 g/mol. The van der Waals surface area contributed by atoms with Crippen LogP contribution < -0.4 is 5.32 Å². The monoisotopic (exact) mass is 345 g/mol. The number of benzene rings is 1. The molecule has 0 radical (unpaired) electrons. The lowest BCUT2D eigenvalue weighted by Crippen LogP contribution is -2.49. The van der Waals surface area contributed by atoms with Gasteiger partial charge in [-0.2, -0.15) is 0 Å². The van der Waals surface area contributed by atoms with Crippen LogP contribution in [0.2, 0.25) is 0 Å². The third-order valence-corrected chi connectivity index (χ3v) is 5.19. The van der Waals surface area contributed by atoms with Gasteiger partial charge in [0.05, 0.1) is 0 Å². The zero-order valence-electron chi connectivity index (χ0n) is 15.2. The molecule has 1 N–H and O–H groups in total. The Balaban J connectivity index is 1.36. The van der Waals surface area contributed by atoms with Crippen molar-refractivity contribution in [2.45, 2.75) is 44.8 Å². The van der Waals surface area contributed by atoms with Crippen molar-refractivity contribution in [2.75, 3.05) is 39.3 Å². The van der Waals surface area contributed by atoms with Gasteiger partial charge < -0.3 is 19.9 Å². The van der Waals surface area contributed by atoms with Crippen LogP contribution in [0.25, 0.3) is 0 Å². The van der Waals surface area contributed by atoms with Gasteiger partial charge in [-0.3, -0.25) is 0 Å². The summed E-state index contributed by atoms with van der Waals surface area (Å²) in [5.74, 6) is 0. The third-order valence-electron chi connectivity index (χ3n) is 5.19. The van der Waals surface area contributed by atoms with E-state index in [9.17, 15) is 4.79 Å². The van der Waals surface area contributed by atoms with E-state index in [1.54, 1.807) is 0 Å². The first-order chi connectivity index (χ1) is 12.3. The summed E-state index contributed by atoms with van der Waals surface area (Å²) < 4.78 is 5.47. The van der Waals surface area contributed by atoms with Crippen LogP contribution in [0.3, 0.4) is 0 Å². The lowest BCUT2D eigenvalue weighted by atomic mass is 10.1. The van der Waals surface area contributed by atoms with Gasteiger partial charge in [0.25, 0.3) is 0 Å². The Morgan fingerprint density at radius 2 is 1.88 bits per heavy atom. The zero-order valence-corrected chi connectivity index (χ0v) is 15.2. The number of hydrogen-bond acceptors (Lipinski definition) is 4. The van der Waals surface area contributed by atoms with Crippen molar-refractivity contribution < 1.29 is 9.53 Å². The SMILES string of the molecule is O=C(OCc1ccccc1)N1CCCC(NCCN2CCCCC2)C1. The predicted molar refractivity (Wildman–Crippen MR) is 99.5 cm³/mol. The summed E-state index contributed by atoms with van der Waals surface area (Å²) in [6, 6.07) is 10.3. The number of rotatable bonds is 6. The Labute approximate surface area is 151 Å². The minimum atomic E-state index is -0.189. The second-order valence-electron chi connectivity index (χ2n) is 7.18. The summed E-state index contributed by atoms with van der Waals surface area (Å²) in [5.41, 5.74) is 1.03. The molecule has 1 aromatic carbocycles. The van der Waals surface area contributed by atoms with E-state index >= 15 is 0 Å². The predicted octanol–water partition coefficient (Wildman–Crippen LogP) is 2.86. The summed E-state index contributed by atoms with van der Waals surface area (Å²) >= 11 is 0. The van der Waals surface area contributed by atoms with Gasteiger partial charge in [-0.05, 0) is 44.3 Å². The summed E-state index contributed by atoms with van der Waals surface area (Å²) in [6.45, 7) is 6.52. The smallest absolute Gasteiger partial charge is 0.410 e. The quantitative estimate of drug-likeness (QED) is 0.861. The average Bonchev–Trinajstić information content (AvgIpc) is 2.68. The largest absolute Gasteiger partial charge is 0.445 e. The molecule has 0 aromatic heterocycles. The summed E-state index contributed by atoms with van der Waals surface area (Å²) in [7, 11) is 0. The highest BCUT2D eigenvalue weighted by atomic mass is 16.6. The van der Waals surface area contributed by atoms with Crippen molar-refractivity contribution in [1.82, 2.24) is 15.1 Å². The second kappa shape index (κ2) is 9.78. The Bertz CT molecular complexity index is 517. The van der Waals surface area contributed by atoms with Gasteiger partial charge in [0.15, 0.2) is 0 Å². The normalized spacial score (nSPS) is 21.9. The second-order valence-corrected chi connectivity index (χ2v) is 7.18. The molecule has 1 amide bonds. The molecule has 3 rings (SSSR count). The van der Waals surface area contributed by atoms with E-state index in [2.05, 4.69) is 10.2 Å². The maximum Gasteiger partial charge on any atom is 0.410 e. The van der Waals surface area contributed by atoms with Gasteiger partial charge in [-0.15, -0.1) is 0 Å². The van der Waals surface area contributed by atoms with Crippen LogP contribution in [0.1, 0.15) is 37.7 Å². The molecular formula is C20H31N3O2. The fraction of sp³-hybridized carbons (Fsp3) is 0.650. The minimum absolute atomic E-state index is 0.189. The molecule has 2 aliphatic rings. The van der Waals surface area contributed by atoms with Crippen LogP contribution >= 0.6 is 0 Å². The van der Waals surface area contributed by atoms with E-state index < -0.39 is 0 Å². The van der Waals surface area contributed by atoms with Crippen molar-refractivity contribution in [3.8, 4) is 0 Å². The molecule has 5 heteroatoms. The third kappa shape index (κ3) is 6.01. The molecule has 0 aliphatic carbocycles. The molecule has 1 unspecified atom stereocenters. The van der Waals surface area contributed by atoms with Crippen molar-refractivity contribution in [2.24, 2.45) is 0 Å². The first-order valence-electron chi connectivity index (χ1n) is 9.72. The lowest BCUT2D eigenvalue weighted by molar-refractivity contribution is 0.0829. The standard InChI is InChI=1S/C20H31N3O2/c24-20(25-17-18-8-3-1-4-9-18)23-14-7-10-19(16-23)21-11-15-22-12-5-2-6-13-22/h1,3-4,8-9,19,21H,2,5-7,10-17H2. The van der Waals surface area contributed by atoms with Crippen molar-refractivity contribution >= 4 is 6.09 Å². The van der Waals surface area contributed by atoms with Crippen molar-refractivity contribution in [3.63, 3.8) is 0 Å². The van der Waals surface area contributed by atoms with E-state index in [0.29, 0.717) is 12.6 Å². The van der Waals surface area contributed by atoms with Crippen LogP contribution in [-0.4, -0.2) is 61.2 Å². The molecule has 1 aromatic rings. The number of piperidine rings is 2. The molecule has 2 aliphatic heterocycles. The maximum atomic E-state index is 12.3. The Hall–Kier alpha value is -1.59. The van der Waals surface area contributed by atoms with Gasteiger partial charge in [0, 0.05) is 32.2 Å². The van der Waals surface area contributed by atoms with Gasteiger partial charge in [-0.25, -0.2) is 4.79 Å². The number of amides is 1. The van der Waals surface area contributed by atoms with Gasteiger partial charge >= 0.3 is 6.09 Å². The summed E-state index contributed by atoms with van der Waals surface area (Å²) in [6.07, 6.45) is 6.05. The highest BCUT2D eigenvalue weighted by Gasteiger charge is 2.24. The number of carbonyl (C=O) groups is 1. The topological polar surface area (TPSA) is 44.8 Å².